The Balaban J connectivity index is 2.73. The first-order valence-electron chi connectivity index (χ1n) is 3.16. The van der Waals surface area contributed by atoms with Gasteiger partial charge in [0.2, 0.25) is 0 Å². The van der Waals surface area contributed by atoms with Crippen LogP contribution in [-0.4, -0.2) is 11.2 Å². The van der Waals surface area contributed by atoms with Gasteiger partial charge in [0.25, 0.3) is 0 Å². The topological polar surface area (TPSA) is 46.5 Å². The molecule has 0 saturated heterocycles. The number of hydrogen-bond acceptors (Lipinski definition) is 3. The molecule has 1 aliphatic carbocycles. The molecular weight excluding hydrogens is 168 g/mol. The quantitative estimate of drug-likeness (QED) is 0.488. The predicted molar refractivity (Wildman–Crippen MR) is 40.0 cm³/mol. The van der Waals surface area contributed by atoms with Gasteiger partial charge in [-0.15, -0.1) is 0 Å². The second-order valence-electron chi connectivity index (χ2n) is 2.18. The van der Waals surface area contributed by atoms with E-state index < -0.39 is 5.97 Å². The SMILES string of the molecule is O=C(OO)C1=CC(Cl)=CCC1. The standard InChI is InChI=1S/C7H7ClO3/c8-6-3-1-2-5(4-6)7(9)11-10/h3-4,10H,1-2H2. The summed E-state index contributed by atoms with van der Waals surface area (Å²) in [6.45, 7) is 0. The molecule has 0 aliphatic heterocycles. The lowest BCUT2D eigenvalue weighted by molar-refractivity contribution is -0.229. The molecule has 0 aromatic rings. The average molecular weight is 175 g/mol. The maximum atomic E-state index is 10.7. The molecule has 0 amide bonds. The normalized spacial score (nSPS) is 16.9. The molecule has 1 aliphatic rings. The van der Waals surface area contributed by atoms with Crippen LogP contribution in [0.4, 0.5) is 0 Å². The largest absolute Gasteiger partial charge is 0.368 e. The highest BCUT2D eigenvalue weighted by Crippen LogP contribution is 2.20. The van der Waals surface area contributed by atoms with Crippen LogP contribution in [0.25, 0.3) is 0 Å². The van der Waals surface area contributed by atoms with Crippen molar-refractivity contribution in [3.63, 3.8) is 0 Å². The van der Waals surface area contributed by atoms with Gasteiger partial charge in [0.15, 0.2) is 0 Å². The van der Waals surface area contributed by atoms with Gasteiger partial charge in [0.1, 0.15) is 0 Å². The van der Waals surface area contributed by atoms with E-state index in [0.29, 0.717) is 23.4 Å². The lowest BCUT2D eigenvalue weighted by atomic mass is 10.1. The van der Waals surface area contributed by atoms with Crippen LogP contribution in [0.3, 0.4) is 0 Å². The molecule has 4 heteroatoms. The van der Waals surface area contributed by atoms with Crippen LogP contribution >= 0.6 is 11.6 Å². The summed E-state index contributed by atoms with van der Waals surface area (Å²) in [7, 11) is 0. The van der Waals surface area contributed by atoms with Gasteiger partial charge >= 0.3 is 5.97 Å². The summed E-state index contributed by atoms with van der Waals surface area (Å²) in [6, 6.07) is 0. The van der Waals surface area contributed by atoms with Crippen LogP contribution in [0.5, 0.6) is 0 Å². The fourth-order valence-corrected chi connectivity index (χ4v) is 1.12. The monoisotopic (exact) mass is 174 g/mol. The number of rotatable bonds is 1. The van der Waals surface area contributed by atoms with Crippen LogP contribution < -0.4 is 0 Å². The molecule has 0 unspecified atom stereocenters. The molecule has 0 aromatic heterocycles. The molecule has 0 atom stereocenters. The predicted octanol–water partition coefficient (Wildman–Crippen LogP) is 1.85. The Bertz CT molecular complexity index is 230. The third-order valence-electron chi connectivity index (χ3n) is 1.41. The van der Waals surface area contributed by atoms with Gasteiger partial charge in [0, 0.05) is 10.6 Å². The third kappa shape index (κ3) is 2.06. The van der Waals surface area contributed by atoms with Crippen molar-refractivity contribution in [2.75, 3.05) is 0 Å². The molecule has 0 saturated carbocycles. The second kappa shape index (κ2) is 3.55. The van der Waals surface area contributed by atoms with Gasteiger partial charge < -0.3 is 0 Å². The van der Waals surface area contributed by atoms with E-state index in [0.717, 1.165) is 0 Å². The van der Waals surface area contributed by atoms with Gasteiger partial charge in [-0.3, -0.25) is 4.89 Å². The summed E-state index contributed by atoms with van der Waals surface area (Å²) in [4.78, 5) is 14.2. The molecule has 0 radical (unpaired) electrons. The Morgan fingerprint density at radius 2 is 2.45 bits per heavy atom. The van der Waals surface area contributed by atoms with Crippen LogP contribution in [0.15, 0.2) is 22.8 Å². The van der Waals surface area contributed by atoms with Gasteiger partial charge in [-0.05, 0) is 18.9 Å². The van der Waals surface area contributed by atoms with Crippen molar-refractivity contribution in [1.82, 2.24) is 0 Å². The summed E-state index contributed by atoms with van der Waals surface area (Å²) in [5.74, 6) is -0.726. The highest BCUT2D eigenvalue weighted by atomic mass is 35.5. The summed E-state index contributed by atoms with van der Waals surface area (Å²) in [5.41, 5.74) is 0.403. The Morgan fingerprint density at radius 3 is 3.00 bits per heavy atom. The van der Waals surface area contributed by atoms with E-state index in [1.54, 1.807) is 6.08 Å². The Kier molecular flexibility index (Phi) is 2.68. The fraction of sp³-hybridized carbons (Fsp3) is 0.286. The van der Waals surface area contributed by atoms with Crippen molar-refractivity contribution in [1.29, 1.82) is 0 Å². The molecular formula is C7H7ClO3. The van der Waals surface area contributed by atoms with Crippen molar-refractivity contribution in [3.8, 4) is 0 Å². The minimum absolute atomic E-state index is 0.403. The zero-order valence-corrected chi connectivity index (χ0v) is 6.47. The summed E-state index contributed by atoms with van der Waals surface area (Å²) < 4.78 is 0. The van der Waals surface area contributed by atoms with Crippen LogP contribution in [-0.2, 0) is 9.68 Å². The van der Waals surface area contributed by atoms with Crippen molar-refractivity contribution in [2.24, 2.45) is 0 Å². The minimum atomic E-state index is -0.726. The average Bonchev–Trinajstić information content (AvgIpc) is 2.03. The zero-order chi connectivity index (χ0) is 8.27. The lowest BCUT2D eigenvalue weighted by Gasteiger charge is -2.05. The van der Waals surface area contributed by atoms with Gasteiger partial charge in [-0.1, -0.05) is 17.7 Å². The van der Waals surface area contributed by atoms with Gasteiger partial charge in [-0.2, -0.15) is 5.26 Å². The Labute approximate surface area is 68.8 Å². The maximum absolute atomic E-state index is 10.7. The van der Waals surface area contributed by atoms with E-state index in [1.807, 2.05) is 0 Å². The Morgan fingerprint density at radius 1 is 1.73 bits per heavy atom. The number of carbonyl (C=O) groups is 1. The van der Waals surface area contributed by atoms with Crippen molar-refractivity contribution >= 4 is 17.6 Å². The minimum Gasteiger partial charge on any atom is -0.296 e. The summed E-state index contributed by atoms with van der Waals surface area (Å²) >= 11 is 5.61. The second-order valence-corrected chi connectivity index (χ2v) is 2.61. The molecule has 3 nitrogen and oxygen atoms in total. The van der Waals surface area contributed by atoms with Gasteiger partial charge in [-0.25, -0.2) is 4.79 Å². The summed E-state index contributed by atoms with van der Waals surface area (Å²) in [5, 5.41) is 8.53. The van der Waals surface area contributed by atoms with E-state index in [9.17, 15) is 4.79 Å². The first-order valence-corrected chi connectivity index (χ1v) is 3.54. The highest BCUT2D eigenvalue weighted by molar-refractivity contribution is 6.31. The first kappa shape index (κ1) is 8.30. The molecule has 1 rings (SSSR count). The van der Waals surface area contributed by atoms with Crippen LogP contribution in [0, 0.1) is 0 Å². The van der Waals surface area contributed by atoms with Crippen molar-refractivity contribution in [3.05, 3.63) is 22.8 Å². The molecule has 0 fully saturated rings. The number of allylic oxidation sites excluding steroid dienone is 3. The summed E-state index contributed by atoms with van der Waals surface area (Å²) in [6.07, 6.45) is 4.56. The highest BCUT2D eigenvalue weighted by Gasteiger charge is 2.13. The zero-order valence-electron chi connectivity index (χ0n) is 5.71. The molecule has 0 bridgehead atoms. The van der Waals surface area contributed by atoms with Crippen LogP contribution in [0.2, 0.25) is 0 Å². The van der Waals surface area contributed by atoms with E-state index in [4.69, 9.17) is 16.9 Å². The Hall–Kier alpha value is -0.800. The van der Waals surface area contributed by atoms with E-state index in [-0.39, 0.29) is 0 Å². The van der Waals surface area contributed by atoms with Crippen molar-refractivity contribution < 1.29 is 14.9 Å². The molecule has 0 aromatic carbocycles. The number of carbonyl (C=O) groups excluding carboxylic acids is 1. The van der Waals surface area contributed by atoms with E-state index in [2.05, 4.69) is 4.89 Å². The molecule has 0 spiro atoms. The first-order chi connectivity index (χ1) is 5.24. The lowest BCUT2D eigenvalue weighted by Crippen LogP contribution is -2.06. The van der Waals surface area contributed by atoms with Crippen LogP contribution in [0.1, 0.15) is 12.8 Å². The molecule has 1 N–H and O–H groups in total. The fourth-order valence-electron chi connectivity index (χ4n) is 0.883. The molecule has 60 valence electrons. The van der Waals surface area contributed by atoms with Crippen molar-refractivity contribution in [2.45, 2.75) is 12.8 Å². The smallest absolute Gasteiger partial charge is 0.296 e. The molecule has 0 heterocycles. The number of halogens is 1. The molecule has 11 heavy (non-hydrogen) atoms. The van der Waals surface area contributed by atoms with Gasteiger partial charge in [0.05, 0.1) is 0 Å². The number of hydrogen-bond donors (Lipinski definition) is 1. The third-order valence-corrected chi connectivity index (χ3v) is 1.67. The van der Waals surface area contributed by atoms with E-state index in [1.165, 1.54) is 6.08 Å². The maximum Gasteiger partial charge on any atom is 0.368 e. The van der Waals surface area contributed by atoms with E-state index >= 15 is 0 Å².